The van der Waals surface area contributed by atoms with Gasteiger partial charge in [0.1, 0.15) is 0 Å². The summed E-state index contributed by atoms with van der Waals surface area (Å²) in [5.74, 6) is 0. The Hall–Kier alpha value is -0.980. The number of hydrogen-bond acceptors (Lipinski definition) is 1. The monoisotopic (exact) mass is 203 g/mol. The van der Waals surface area contributed by atoms with Crippen LogP contribution in [-0.2, 0) is 6.42 Å². The first-order valence-electron chi connectivity index (χ1n) is 6.24. The molecule has 0 radical (unpaired) electrons. The highest BCUT2D eigenvalue weighted by atomic mass is 14.9. The van der Waals surface area contributed by atoms with Gasteiger partial charge < -0.3 is 5.32 Å². The number of nitrogens with one attached hydrogen (secondary N) is 1. The summed E-state index contributed by atoms with van der Waals surface area (Å²) in [5.41, 5.74) is 2.85. The van der Waals surface area contributed by atoms with Crippen LogP contribution in [0.25, 0.3) is 0 Å². The summed E-state index contributed by atoms with van der Waals surface area (Å²) < 4.78 is 0. The van der Waals surface area contributed by atoms with E-state index >= 15 is 0 Å². The summed E-state index contributed by atoms with van der Waals surface area (Å²) >= 11 is 0. The summed E-state index contributed by atoms with van der Waals surface area (Å²) in [5, 5.41) is 3.69. The molecule has 1 saturated carbocycles. The Kier molecular flexibility index (Phi) is 3.65. The van der Waals surface area contributed by atoms with E-state index in [9.17, 15) is 0 Å². The molecule has 0 saturated heterocycles. The van der Waals surface area contributed by atoms with E-state index in [1.54, 1.807) is 0 Å². The number of rotatable bonds is 4. The van der Waals surface area contributed by atoms with Crippen LogP contribution >= 0.6 is 0 Å². The van der Waals surface area contributed by atoms with E-state index < -0.39 is 0 Å². The molecule has 0 unspecified atom stereocenters. The maximum atomic E-state index is 3.69. The molecule has 2 rings (SSSR count). The van der Waals surface area contributed by atoms with Crippen LogP contribution in [0, 0.1) is 0 Å². The van der Waals surface area contributed by atoms with Gasteiger partial charge in [0.15, 0.2) is 0 Å². The lowest BCUT2D eigenvalue weighted by Gasteiger charge is -2.16. The van der Waals surface area contributed by atoms with E-state index in [2.05, 4.69) is 36.5 Å². The Morgan fingerprint density at radius 2 is 1.93 bits per heavy atom. The maximum Gasteiger partial charge on any atom is 0.0374 e. The minimum Gasteiger partial charge on any atom is -0.382 e. The lowest BCUT2D eigenvalue weighted by atomic mass is 10.1. The number of hydrogen-bond donors (Lipinski definition) is 1. The predicted molar refractivity (Wildman–Crippen MR) is 66.3 cm³/mol. The molecule has 1 fully saturated rings. The maximum absolute atomic E-state index is 3.69. The molecule has 1 aliphatic carbocycles. The largest absolute Gasteiger partial charge is 0.382 e. The zero-order valence-electron chi connectivity index (χ0n) is 9.63. The minimum absolute atomic E-state index is 0.725. The van der Waals surface area contributed by atoms with Crippen molar-refractivity contribution < 1.29 is 0 Å². The van der Waals surface area contributed by atoms with E-state index in [0.29, 0.717) is 0 Å². The topological polar surface area (TPSA) is 12.0 Å². The van der Waals surface area contributed by atoms with Crippen LogP contribution in [0.3, 0.4) is 0 Å². The molecule has 1 heteroatoms. The molecular formula is C14H21N. The first kappa shape index (κ1) is 10.5. The highest BCUT2D eigenvalue weighted by Gasteiger charge is 2.15. The first-order chi connectivity index (χ1) is 7.40. The predicted octanol–water partition coefficient (Wildman–Crippen LogP) is 3.99. The molecule has 0 amide bonds. The van der Waals surface area contributed by atoms with Crippen molar-refractivity contribution in [3.63, 3.8) is 0 Å². The molecule has 1 N–H and O–H groups in total. The van der Waals surface area contributed by atoms with Crippen LogP contribution < -0.4 is 5.32 Å². The van der Waals surface area contributed by atoms with Gasteiger partial charge in [-0.3, -0.25) is 0 Å². The van der Waals surface area contributed by atoms with Gasteiger partial charge in [0, 0.05) is 11.7 Å². The standard InChI is InChI=1S/C14H21N/c1-2-7-12-8-3-6-11-14(12)15-13-9-4-5-10-13/h3,6,8,11,13,15H,2,4-5,7,9-10H2,1H3. The molecule has 15 heavy (non-hydrogen) atoms. The lowest BCUT2D eigenvalue weighted by molar-refractivity contribution is 0.752. The van der Waals surface area contributed by atoms with Crippen LogP contribution in [0.2, 0.25) is 0 Å². The summed E-state index contributed by atoms with van der Waals surface area (Å²) in [4.78, 5) is 0. The third-order valence-electron chi connectivity index (χ3n) is 3.25. The summed E-state index contributed by atoms with van der Waals surface area (Å²) in [6, 6.07) is 9.48. The van der Waals surface area contributed by atoms with Gasteiger partial charge in [-0.15, -0.1) is 0 Å². The van der Waals surface area contributed by atoms with Crippen molar-refractivity contribution >= 4 is 5.69 Å². The van der Waals surface area contributed by atoms with Gasteiger partial charge in [0.25, 0.3) is 0 Å². The van der Waals surface area contributed by atoms with Crippen LogP contribution in [0.5, 0.6) is 0 Å². The normalized spacial score (nSPS) is 16.9. The van der Waals surface area contributed by atoms with E-state index in [-0.39, 0.29) is 0 Å². The minimum atomic E-state index is 0.725. The second-order valence-electron chi connectivity index (χ2n) is 4.53. The van der Waals surface area contributed by atoms with Gasteiger partial charge in [-0.05, 0) is 30.9 Å². The Morgan fingerprint density at radius 1 is 1.20 bits per heavy atom. The number of para-hydroxylation sites is 1. The summed E-state index contributed by atoms with van der Waals surface area (Å²) in [6.07, 6.45) is 7.90. The smallest absolute Gasteiger partial charge is 0.0374 e. The van der Waals surface area contributed by atoms with Crippen LogP contribution in [0.4, 0.5) is 5.69 Å². The molecule has 0 atom stereocenters. The number of anilines is 1. The zero-order chi connectivity index (χ0) is 10.5. The van der Waals surface area contributed by atoms with Gasteiger partial charge in [-0.1, -0.05) is 44.4 Å². The molecule has 1 nitrogen and oxygen atoms in total. The van der Waals surface area contributed by atoms with Crippen LogP contribution in [0.1, 0.15) is 44.6 Å². The molecule has 1 aromatic carbocycles. The summed E-state index contributed by atoms with van der Waals surface area (Å²) in [7, 11) is 0. The number of benzene rings is 1. The van der Waals surface area contributed by atoms with Crippen molar-refractivity contribution in [2.24, 2.45) is 0 Å². The molecule has 1 aliphatic rings. The van der Waals surface area contributed by atoms with Gasteiger partial charge in [0.05, 0.1) is 0 Å². The van der Waals surface area contributed by atoms with Gasteiger partial charge in [-0.2, -0.15) is 0 Å². The quantitative estimate of drug-likeness (QED) is 0.780. The molecule has 1 aromatic rings. The van der Waals surface area contributed by atoms with Gasteiger partial charge >= 0.3 is 0 Å². The average molecular weight is 203 g/mol. The molecule has 0 heterocycles. The first-order valence-corrected chi connectivity index (χ1v) is 6.24. The second kappa shape index (κ2) is 5.20. The van der Waals surface area contributed by atoms with Crippen molar-refractivity contribution in [1.82, 2.24) is 0 Å². The van der Waals surface area contributed by atoms with E-state index in [4.69, 9.17) is 0 Å². The SMILES string of the molecule is CCCc1ccccc1NC1CCCC1. The van der Waals surface area contributed by atoms with Crippen LogP contribution in [0.15, 0.2) is 24.3 Å². The Morgan fingerprint density at radius 3 is 2.67 bits per heavy atom. The fourth-order valence-electron chi connectivity index (χ4n) is 2.44. The van der Waals surface area contributed by atoms with Crippen LogP contribution in [-0.4, -0.2) is 6.04 Å². The van der Waals surface area contributed by atoms with E-state index in [1.165, 1.54) is 49.8 Å². The third kappa shape index (κ3) is 2.74. The van der Waals surface area contributed by atoms with E-state index in [1.807, 2.05) is 0 Å². The fourth-order valence-corrected chi connectivity index (χ4v) is 2.44. The highest BCUT2D eigenvalue weighted by Crippen LogP contribution is 2.24. The summed E-state index contributed by atoms with van der Waals surface area (Å²) in [6.45, 7) is 2.24. The van der Waals surface area contributed by atoms with Gasteiger partial charge in [0.2, 0.25) is 0 Å². The molecule has 0 spiro atoms. The molecule has 82 valence electrons. The highest BCUT2D eigenvalue weighted by molar-refractivity contribution is 5.51. The molecular weight excluding hydrogens is 182 g/mol. The van der Waals surface area contributed by atoms with Crippen molar-refractivity contribution in [2.75, 3.05) is 5.32 Å². The Bertz CT molecular complexity index is 300. The number of aryl methyl sites for hydroxylation is 1. The second-order valence-corrected chi connectivity index (χ2v) is 4.53. The van der Waals surface area contributed by atoms with Crippen molar-refractivity contribution in [2.45, 2.75) is 51.5 Å². The zero-order valence-corrected chi connectivity index (χ0v) is 9.63. The van der Waals surface area contributed by atoms with Crippen molar-refractivity contribution in [1.29, 1.82) is 0 Å². The molecule has 0 aliphatic heterocycles. The lowest BCUT2D eigenvalue weighted by Crippen LogP contribution is -2.15. The molecule has 0 bridgehead atoms. The third-order valence-corrected chi connectivity index (χ3v) is 3.25. The Labute approximate surface area is 92.9 Å². The van der Waals surface area contributed by atoms with Crippen molar-refractivity contribution in [3.8, 4) is 0 Å². The fraction of sp³-hybridized carbons (Fsp3) is 0.571. The van der Waals surface area contributed by atoms with Gasteiger partial charge in [-0.25, -0.2) is 0 Å². The Balaban J connectivity index is 2.05. The average Bonchev–Trinajstić information content (AvgIpc) is 2.74. The van der Waals surface area contributed by atoms with Crippen molar-refractivity contribution in [3.05, 3.63) is 29.8 Å². The molecule has 0 aromatic heterocycles. The van der Waals surface area contributed by atoms with E-state index in [0.717, 1.165) is 6.04 Å².